The minimum atomic E-state index is -0.434. The van der Waals surface area contributed by atoms with E-state index in [9.17, 15) is 4.79 Å². The van der Waals surface area contributed by atoms with Gasteiger partial charge in [-0.3, -0.25) is 9.69 Å². The number of methoxy groups -OCH3 is 1. The minimum Gasteiger partial charge on any atom is -0.468 e. The Morgan fingerprint density at radius 1 is 1.25 bits per heavy atom. The Morgan fingerprint density at radius 2 is 2.00 bits per heavy atom. The largest absolute Gasteiger partial charge is 0.468 e. The van der Waals surface area contributed by atoms with Gasteiger partial charge < -0.3 is 10.1 Å². The summed E-state index contributed by atoms with van der Waals surface area (Å²) in [6.07, 6.45) is 7.86. The number of carbonyl (C=O) groups is 1. The Balaban J connectivity index is 2.03. The number of nitrogens with zero attached hydrogens (tertiary/aromatic N) is 1. The van der Waals surface area contributed by atoms with Crippen LogP contribution in [0, 0.1) is 0 Å². The van der Waals surface area contributed by atoms with Crippen LogP contribution >= 0.6 is 0 Å². The van der Waals surface area contributed by atoms with Gasteiger partial charge in [-0.05, 0) is 58.0 Å². The van der Waals surface area contributed by atoms with Gasteiger partial charge in [0.15, 0.2) is 0 Å². The van der Waals surface area contributed by atoms with Crippen LogP contribution in [0.25, 0.3) is 0 Å². The molecule has 0 heterocycles. The lowest BCUT2D eigenvalue weighted by atomic mass is 9.96. The summed E-state index contributed by atoms with van der Waals surface area (Å²) in [7, 11) is 1.51. The monoisotopic (exact) mass is 282 g/mol. The maximum atomic E-state index is 12.3. The summed E-state index contributed by atoms with van der Waals surface area (Å²) < 4.78 is 5.08. The third-order valence-electron chi connectivity index (χ3n) is 4.74. The first kappa shape index (κ1) is 15.8. The van der Waals surface area contributed by atoms with Gasteiger partial charge in [-0.25, -0.2) is 0 Å². The third-order valence-corrected chi connectivity index (χ3v) is 4.74. The second kappa shape index (κ2) is 6.90. The molecule has 2 aliphatic rings. The predicted octanol–water partition coefficient (Wildman–Crippen LogP) is 2.32. The Bertz CT molecular complexity index is 330. The van der Waals surface area contributed by atoms with Crippen LogP contribution in [0.2, 0.25) is 0 Å². The summed E-state index contributed by atoms with van der Waals surface area (Å²) in [6, 6.07) is 1.32. The van der Waals surface area contributed by atoms with E-state index in [1.807, 2.05) is 0 Å². The molecule has 2 aliphatic carbocycles. The molecule has 2 saturated carbocycles. The first-order valence-corrected chi connectivity index (χ1v) is 8.26. The van der Waals surface area contributed by atoms with Crippen LogP contribution in [0.4, 0.5) is 0 Å². The van der Waals surface area contributed by atoms with E-state index in [-0.39, 0.29) is 5.97 Å². The van der Waals surface area contributed by atoms with E-state index >= 15 is 0 Å². The Morgan fingerprint density at radius 3 is 2.55 bits per heavy atom. The van der Waals surface area contributed by atoms with Gasteiger partial charge in [-0.1, -0.05) is 13.8 Å². The van der Waals surface area contributed by atoms with Gasteiger partial charge >= 0.3 is 5.97 Å². The summed E-state index contributed by atoms with van der Waals surface area (Å²) in [5.74, 6) is -0.0688. The van der Waals surface area contributed by atoms with Crippen LogP contribution in [-0.4, -0.2) is 48.7 Å². The zero-order valence-electron chi connectivity index (χ0n) is 13.3. The molecule has 2 fully saturated rings. The number of esters is 1. The van der Waals surface area contributed by atoms with Crippen molar-refractivity contribution in [2.45, 2.75) is 76.4 Å². The zero-order chi connectivity index (χ0) is 14.6. The van der Waals surface area contributed by atoms with Crippen LogP contribution in [0.3, 0.4) is 0 Å². The quantitative estimate of drug-likeness (QED) is 0.694. The molecule has 0 amide bonds. The van der Waals surface area contributed by atoms with Crippen molar-refractivity contribution in [1.29, 1.82) is 0 Å². The van der Waals surface area contributed by atoms with Crippen LogP contribution in [0.1, 0.15) is 58.8 Å². The van der Waals surface area contributed by atoms with Crippen molar-refractivity contribution >= 4 is 5.97 Å². The molecule has 0 aromatic heterocycles. The van der Waals surface area contributed by atoms with Crippen molar-refractivity contribution in [1.82, 2.24) is 10.2 Å². The molecule has 0 saturated heterocycles. The van der Waals surface area contributed by atoms with Gasteiger partial charge in [0.25, 0.3) is 0 Å². The lowest BCUT2D eigenvalue weighted by Crippen LogP contribution is -2.52. The molecule has 20 heavy (non-hydrogen) atoms. The summed E-state index contributed by atoms with van der Waals surface area (Å²) in [5, 5.41) is 3.48. The van der Waals surface area contributed by atoms with Crippen molar-refractivity contribution in [3.8, 4) is 0 Å². The van der Waals surface area contributed by atoms with Gasteiger partial charge in [0.1, 0.15) is 5.54 Å². The predicted molar refractivity (Wildman–Crippen MR) is 80.7 cm³/mol. The molecule has 2 unspecified atom stereocenters. The Kier molecular flexibility index (Phi) is 5.44. The van der Waals surface area contributed by atoms with E-state index in [4.69, 9.17) is 4.74 Å². The van der Waals surface area contributed by atoms with Gasteiger partial charge in [-0.15, -0.1) is 0 Å². The number of carbonyl (C=O) groups excluding carboxylic acids is 1. The molecular formula is C16H30N2O2. The number of hydrogen-bond acceptors (Lipinski definition) is 4. The molecule has 4 nitrogen and oxygen atoms in total. The second-order valence-electron chi connectivity index (χ2n) is 6.37. The van der Waals surface area contributed by atoms with Crippen molar-refractivity contribution in [2.75, 3.05) is 20.2 Å². The molecule has 1 N–H and O–H groups in total. The fraction of sp³-hybridized carbons (Fsp3) is 0.938. The first-order chi connectivity index (χ1) is 9.66. The Hall–Kier alpha value is -0.610. The highest BCUT2D eigenvalue weighted by molar-refractivity contribution is 5.81. The van der Waals surface area contributed by atoms with Crippen LogP contribution < -0.4 is 5.32 Å². The lowest BCUT2D eigenvalue weighted by molar-refractivity contribution is -0.148. The second-order valence-corrected chi connectivity index (χ2v) is 6.37. The van der Waals surface area contributed by atoms with Crippen molar-refractivity contribution in [3.05, 3.63) is 0 Å². The molecule has 2 rings (SSSR count). The molecule has 0 bridgehead atoms. The van der Waals surface area contributed by atoms with E-state index in [2.05, 4.69) is 24.1 Å². The van der Waals surface area contributed by atoms with Gasteiger partial charge in [-0.2, -0.15) is 0 Å². The molecule has 0 aromatic carbocycles. The van der Waals surface area contributed by atoms with Gasteiger partial charge in [0.2, 0.25) is 0 Å². The summed E-state index contributed by atoms with van der Waals surface area (Å²) in [4.78, 5) is 14.9. The number of ether oxygens (including phenoxy) is 1. The van der Waals surface area contributed by atoms with E-state index < -0.39 is 5.54 Å². The van der Waals surface area contributed by atoms with Crippen molar-refractivity contribution < 1.29 is 9.53 Å². The Labute approximate surface area is 123 Å². The van der Waals surface area contributed by atoms with E-state index in [0.717, 1.165) is 38.3 Å². The molecule has 116 valence electrons. The average molecular weight is 282 g/mol. The summed E-state index contributed by atoms with van der Waals surface area (Å²) in [6.45, 7) is 6.44. The van der Waals surface area contributed by atoms with Crippen LogP contribution in [-0.2, 0) is 9.53 Å². The topological polar surface area (TPSA) is 41.6 Å². The highest BCUT2D eigenvalue weighted by Crippen LogP contribution is 2.39. The number of nitrogens with one attached hydrogen (secondary N) is 1. The van der Waals surface area contributed by atoms with Crippen LogP contribution in [0.5, 0.6) is 0 Å². The number of hydrogen-bond donors (Lipinski definition) is 1. The van der Waals surface area contributed by atoms with E-state index in [1.54, 1.807) is 0 Å². The van der Waals surface area contributed by atoms with Crippen molar-refractivity contribution in [2.24, 2.45) is 0 Å². The van der Waals surface area contributed by atoms with Gasteiger partial charge in [0.05, 0.1) is 7.11 Å². The fourth-order valence-electron chi connectivity index (χ4n) is 3.61. The zero-order valence-corrected chi connectivity index (χ0v) is 13.3. The average Bonchev–Trinajstić information content (AvgIpc) is 3.21. The SMILES string of the molecule is CCCNC1(C(=O)OC)CCC(N(CCC)C2CC2)C1. The molecule has 0 aliphatic heterocycles. The standard InChI is InChI=1S/C16H30N2O2/c1-4-10-17-16(15(19)20-3)9-8-14(12-16)18(11-5-2)13-6-7-13/h13-14,17H,4-12H2,1-3H3. The third kappa shape index (κ3) is 3.34. The van der Waals surface area contributed by atoms with Gasteiger partial charge in [0, 0.05) is 12.1 Å². The molecule has 4 heteroatoms. The molecule has 2 atom stereocenters. The molecular weight excluding hydrogens is 252 g/mol. The maximum Gasteiger partial charge on any atom is 0.326 e. The smallest absolute Gasteiger partial charge is 0.326 e. The van der Waals surface area contributed by atoms with Crippen LogP contribution in [0.15, 0.2) is 0 Å². The summed E-state index contributed by atoms with van der Waals surface area (Å²) in [5.41, 5.74) is -0.434. The normalized spacial score (nSPS) is 29.9. The minimum absolute atomic E-state index is 0.0688. The highest BCUT2D eigenvalue weighted by Gasteiger charge is 2.49. The van der Waals surface area contributed by atoms with E-state index in [1.165, 1.54) is 32.9 Å². The summed E-state index contributed by atoms with van der Waals surface area (Å²) >= 11 is 0. The first-order valence-electron chi connectivity index (χ1n) is 8.26. The molecule has 0 spiro atoms. The number of rotatable bonds is 8. The maximum absolute atomic E-state index is 12.3. The van der Waals surface area contributed by atoms with E-state index in [0.29, 0.717) is 6.04 Å². The highest BCUT2D eigenvalue weighted by atomic mass is 16.5. The molecule has 0 radical (unpaired) electrons. The fourth-order valence-corrected chi connectivity index (χ4v) is 3.61. The molecule has 0 aromatic rings. The lowest BCUT2D eigenvalue weighted by Gasteiger charge is -2.32. The van der Waals surface area contributed by atoms with Crippen molar-refractivity contribution in [3.63, 3.8) is 0 Å².